The Kier molecular flexibility index (Phi) is 5.96. The topological polar surface area (TPSA) is 99.5 Å². The molecule has 6 atom stereocenters. The Labute approximate surface area is 266 Å². The molecule has 10 rings (SSSR count). The van der Waals surface area contributed by atoms with Gasteiger partial charge in [-0.15, -0.1) is 0 Å². The van der Waals surface area contributed by atoms with Crippen LogP contribution in [0.2, 0.25) is 0 Å². The van der Waals surface area contributed by atoms with Gasteiger partial charge in [-0.05, 0) is 35.4 Å². The van der Waals surface area contributed by atoms with Crippen molar-refractivity contribution in [1.29, 1.82) is 0 Å². The monoisotopic (exact) mass is 614 g/mol. The van der Waals surface area contributed by atoms with Crippen molar-refractivity contribution in [3.05, 3.63) is 132 Å². The van der Waals surface area contributed by atoms with Crippen LogP contribution < -0.4 is 9.47 Å². The number of rotatable bonds is 6. The van der Waals surface area contributed by atoms with E-state index in [1.165, 1.54) is 0 Å². The van der Waals surface area contributed by atoms with E-state index in [1.54, 1.807) is 24.3 Å². The quantitative estimate of drug-likeness (QED) is 0.306. The zero-order valence-corrected chi connectivity index (χ0v) is 25.0. The summed E-state index contributed by atoms with van der Waals surface area (Å²) in [6, 6.07) is 36.5. The molecular weight excluding hydrogens is 580 g/mol. The number of piperidine rings is 4. The third kappa shape index (κ3) is 3.25. The number of para-hydroxylation sites is 2. The Morgan fingerprint density at radius 2 is 0.826 bits per heavy atom. The number of amides is 2. The van der Waals surface area contributed by atoms with Crippen LogP contribution in [-0.2, 0) is 0 Å². The molecule has 8 heteroatoms. The minimum Gasteiger partial charge on any atom is -0.410 e. The van der Waals surface area contributed by atoms with Gasteiger partial charge in [0.1, 0.15) is 11.5 Å². The lowest BCUT2D eigenvalue weighted by molar-refractivity contribution is -0.405. The molecule has 4 aromatic carbocycles. The molecule has 232 valence electrons. The first-order valence-corrected chi connectivity index (χ1v) is 16.0. The van der Waals surface area contributed by atoms with Crippen LogP contribution in [0.4, 0.5) is 9.59 Å². The van der Waals surface area contributed by atoms with Crippen LogP contribution in [0.3, 0.4) is 0 Å². The summed E-state index contributed by atoms with van der Waals surface area (Å²) in [5.74, 6) is 0.0523. The van der Waals surface area contributed by atoms with Gasteiger partial charge < -0.3 is 19.7 Å². The zero-order valence-electron chi connectivity index (χ0n) is 25.0. The normalized spacial score (nSPS) is 35.6. The highest BCUT2D eigenvalue weighted by Crippen LogP contribution is 2.84. The van der Waals surface area contributed by atoms with Crippen molar-refractivity contribution in [3.8, 4) is 11.5 Å². The summed E-state index contributed by atoms with van der Waals surface area (Å²) < 4.78 is 12.0. The molecule has 0 spiro atoms. The fourth-order valence-corrected chi connectivity index (χ4v) is 10.9. The molecule has 0 aromatic heterocycles. The number of carbonyl (C=O) groups is 2. The number of carbonyl (C=O) groups excluding carboxylic acids is 2. The molecule has 2 aliphatic carbocycles. The Morgan fingerprint density at radius 3 is 1.13 bits per heavy atom. The van der Waals surface area contributed by atoms with E-state index in [9.17, 15) is 19.8 Å². The van der Waals surface area contributed by atoms with E-state index < -0.39 is 47.2 Å². The smallest absolute Gasteiger partial charge is 0.410 e. The zero-order chi connectivity index (χ0) is 31.2. The van der Waals surface area contributed by atoms with Crippen molar-refractivity contribution in [3.63, 3.8) is 0 Å². The Morgan fingerprint density at radius 1 is 0.522 bits per heavy atom. The highest BCUT2D eigenvalue weighted by Gasteiger charge is 2.93. The fourth-order valence-electron chi connectivity index (χ4n) is 10.9. The SMILES string of the molecule is O=C(Oc1ccccc1)N1C2C3C4N(C(=O)Oc5ccccc5)C5C(C1C5(CO)[C@H]3c1ccccc1)[C@@H](c1ccccc1)C24CO. The van der Waals surface area contributed by atoms with E-state index in [1.807, 2.05) is 82.6 Å². The number of benzene rings is 4. The van der Waals surface area contributed by atoms with E-state index >= 15 is 0 Å². The minimum atomic E-state index is -0.871. The lowest BCUT2D eigenvalue weighted by Crippen LogP contribution is -3.02. The van der Waals surface area contributed by atoms with Crippen molar-refractivity contribution >= 4 is 12.2 Å². The molecule has 4 heterocycles. The van der Waals surface area contributed by atoms with Crippen LogP contribution in [0.15, 0.2) is 121 Å². The van der Waals surface area contributed by atoms with Crippen molar-refractivity contribution in [1.82, 2.24) is 9.80 Å². The maximum Gasteiger partial charge on any atom is 0.415 e. The third-order valence-corrected chi connectivity index (χ3v) is 12.0. The van der Waals surface area contributed by atoms with E-state index in [0.717, 1.165) is 11.1 Å². The number of aliphatic hydroxyl groups excluding tert-OH is 2. The molecule has 4 saturated heterocycles. The molecule has 6 aliphatic rings. The summed E-state index contributed by atoms with van der Waals surface area (Å²) in [5, 5.41) is 23.2. The standard InChI is InChI=1S/C38H34N2O6/c41-21-37-29(23-13-5-1-6-14-23)27-31-38(22-42)30(24-15-7-2-8-16-24)28(33(37)39(31)35(43)45-25-17-9-3-10-18-25)34(37)40(32(27)38)36(44)46-26-19-11-4-12-20-26/h1-20,27-34,41-42H,21-22H2/t27?,28?,29-,30+,31?,32?,33?,34?,37?,38?. The van der Waals surface area contributed by atoms with Crippen LogP contribution in [0.1, 0.15) is 23.0 Å². The lowest BCUT2D eigenvalue weighted by atomic mass is 9.23. The number of ether oxygens (including phenoxy) is 2. The minimum absolute atomic E-state index is 0.141. The molecule has 2 saturated carbocycles. The lowest BCUT2D eigenvalue weighted by Gasteiger charge is -2.91. The summed E-state index contributed by atoms with van der Waals surface area (Å²) in [6.07, 6.45) is -0.968. The largest absolute Gasteiger partial charge is 0.415 e. The van der Waals surface area contributed by atoms with Crippen molar-refractivity contribution in [2.45, 2.75) is 36.0 Å². The molecule has 8 bridgehead atoms. The van der Waals surface area contributed by atoms with Gasteiger partial charge in [0.25, 0.3) is 0 Å². The Bertz CT molecular complexity index is 1630. The molecule has 8 nitrogen and oxygen atoms in total. The molecule has 6 fully saturated rings. The van der Waals surface area contributed by atoms with Gasteiger partial charge in [-0.2, -0.15) is 0 Å². The maximum absolute atomic E-state index is 14.3. The Balaban J connectivity index is 1.24. The molecule has 4 unspecified atom stereocenters. The van der Waals surface area contributed by atoms with Crippen LogP contribution in [0.25, 0.3) is 0 Å². The van der Waals surface area contributed by atoms with E-state index in [2.05, 4.69) is 24.3 Å². The van der Waals surface area contributed by atoms with Crippen molar-refractivity contribution in [2.24, 2.45) is 22.7 Å². The van der Waals surface area contributed by atoms with Gasteiger partial charge in [-0.25, -0.2) is 9.59 Å². The van der Waals surface area contributed by atoms with E-state index in [4.69, 9.17) is 9.47 Å². The first-order chi connectivity index (χ1) is 22.6. The van der Waals surface area contributed by atoms with Gasteiger partial charge in [0.2, 0.25) is 0 Å². The van der Waals surface area contributed by atoms with Crippen LogP contribution in [0.5, 0.6) is 11.5 Å². The Hall–Kier alpha value is -4.66. The number of aliphatic hydroxyl groups is 2. The summed E-state index contributed by atoms with van der Waals surface area (Å²) in [6.45, 7) is -0.460. The van der Waals surface area contributed by atoms with E-state index in [-0.39, 0.29) is 36.9 Å². The van der Waals surface area contributed by atoms with Crippen molar-refractivity contribution < 1.29 is 29.3 Å². The van der Waals surface area contributed by atoms with Crippen LogP contribution in [-0.4, -0.2) is 69.6 Å². The molecule has 2 amide bonds. The summed E-state index contributed by atoms with van der Waals surface area (Å²) >= 11 is 0. The molecule has 4 aliphatic heterocycles. The number of nitrogens with zero attached hydrogens (tertiary/aromatic N) is 2. The summed E-state index contributed by atoms with van der Waals surface area (Å²) in [5.41, 5.74) is 0.401. The molecule has 2 N–H and O–H groups in total. The first-order valence-electron chi connectivity index (χ1n) is 16.0. The molecule has 0 radical (unpaired) electrons. The van der Waals surface area contributed by atoms with Gasteiger partial charge in [0.05, 0.1) is 37.4 Å². The second-order valence-corrected chi connectivity index (χ2v) is 13.4. The maximum atomic E-state index is 14.3. The number of hydrogen-bond acceptors (Lipinski definition) is 6. The first kappa shape index (κ1) is 27.6. The second-order valence-electron chi connectivity index (χ2n) is 13.4. The van der Waals surface area contributed by atoms with Gasteiger partial charge >= 0.3 is 12.2 Å². The second kappa shape index (κ2) is 9.92. The predicted molar refractivity (Wildman–Crippen MR) is 168 cm³/mol. The fraction of sp³-hybridized carbons (Fsp3) is 0.316. The molecule has 4 aromatic rings. The van der Waals surface area contributed by atoms with Gasteiger partial charge in [0, 0.05) is 34.5 Å². The van der Waals surface area contributed by atoms with Crippen LogP contribution >= 0.6 is 0 Å². The third-order valence-electron chi connectivity index (χ3n) is 12.0. The average molecular weight is 615 g/mol. The summed E-state index contributed by atoms with van der Waals surface area (Å²) in [7, 11) is 0. The van der Waals surface area contributed by atoms with Gasteiger partial charge in [0.15, 0.2) is 0 Å². The van der Waals surface area contributed by atoms with Crippen molar-refractivity contribution in [2.75, 3.05) is 13.2 Å². The average Bonchev–Trinajstić information content (AvgIpc) is 3.07. The molecule has 46 heavy (non-hydrogen) atoms. The van der Waals surface area contributed by atoms with E-state index in [0.29, 0.717) is 11.5 Å². The van der Waals surface area contributed by atoms with Gasteiger partial charge in [-0.3, -0.25) is 9.80 Å². The highest BCUT2D eigenvalue weighted by molar-refractivity contribution is 5.79. The summed E-state index contributed by atoms with van der Waals surface area (Å²) in [4.78, 5) is 32.4. The highest BCUT2D eigenvalue weighted by atomic mass is 16.6. The van der Waals surface area contributed by atoms with Gasteiger partial charge in [-0.1, -0.05) is 97.1 Å². The predicted octanol–water partition coefficient (Wildman–Crippen LogP) is 5.29. The van der Waals surface area contributed by atoms with Crippen LogP contribution in [0, 0.1) is 22.7 Å². The molecular formula is C38H34N2O6. The number of hydrogen-bond donors (Lipinski definition) is 2.